The molecule has 0 saturated heterocycles. The van der Waals surface area contributed by atoms with E-state index >= 15 is 0 Å². The molecule has 46 heavy (non-hydrogen) atoms. The van der Waals surface area contributed by atoms with E-state index in [1.54, 1.807) is 0 Å². The van der Waals surface area contributed by atoms with Gasteiger partial charge in [-0.3, -0.25) is 0 Å². The maximum atomic E-state index is 6.23. The molecule has 0 aliphatic rings. The Morgan fingerprint density at radius 3 is 1.30 bits per heavy atom. The maximum absolute atomic E-state index is 6.23. The SMILES string of the molecule is c1ccc(N(c2ccccc2)c2ccc(-c3ccc(Oc4ccc(-c5ccc6ccc7ccccc7c6c5)cc4)cc3)cc2)cc1. The van der Waals surface area contributed by atoms with Gasteiger partial charge in [0.2, 0.25) is 0 Å². The molecular weight excluding hydrogens is 558 g/mol. The lowest BCUT2D eigenvalue weighted by molar-refractivity contribution is 0.483. The van der Waals surface area contributed by atoms with Crippen LogP contribution in [-0.4, -0.2) is 0 Å². The number of benzene rings is 8. The summed E-state index contributed by atoms with van der Waals surface area (Å²) in [7, 11) is 0. The summed E-state index contributed by atoms with van der Waals surface area (Å²) in [5.74, 6) is 1.62. The van der Waals surface area contributed by atoms with Gasteiger partial charge < -0.3 is 9.64 Å². The van der Waals surface area contributed by atoms with Crippen LogP contribution in [0, 0.1) is 0 Å². The monoisotopic (exact) mass is 589 g/mol. The predicted octanol–water partition coefficient (Wildman–Crippen LogP) is 12.6. The first-order valence-electron chi connectivity index (χ1n) is 15.6. The molecule has 0 saturated carbocycles. The highest BCUT2D eigenvalue weighted by Gasteiger charge is 2.12. The van der Waals surface area contributed by atoms with E-state index in [1.807, 2.05) is 36.4 Å². The molecule has 0 spiro atoms. The smallest absolute Gasteiger partial charge is 0.127 e. The van der Waals surface area contributed by atoms with Gasteiger partial charge in [0.1, 0.15) is 11.5 Å². The molecule has 0 aliphatic heterocycles. The number of hydrogen-bond donors (Lipinski definition) is 0. The first kappa shape index (κ1) is 27.4. The molecule has 0 fully saturated rings. The van der Waals surface area contributed by atoms with Crippen molar-refractivity contribution in [3.8, 4) is 33.8 Å². The minimum Gasteiger partial charge on any atom is -0.457 e. The summed E-state index contributed by atoms with van der Waals surface area (Å²) < 4.78 is 6.23. The number of ether oxygens (including phenoxy) is 1. The van der Waals surface area contributed by atoms with Gasteiger partial charge in [-0.1, -0.05) is 121 Å². The number of para-hydroxylation sites is 2. The summed E-state index contributed by atoms with van der Waals surface area (Å²) in [5, 5.41) is 5.07. The van der Waals surface area contributed by atoms with Crippen LogP contribution in [0.5, 0.6) is 11.5 Å². The molecule has 0 N–H and O–H groups in total. The molecule has 0 bridgehead atoms. The summed E-state index contributed by atoms with van der Waals surface area (Å²) in [6.07, 6.45) is 0. The number of hydrogen-bond acceptors (Lipinski definition) is 2. The van der Waals surface area contributed by atoms with Crippen molar-refractivity contribution < 1.29 is 4.74 Å². The van der Waals surface area contributed by atoms with Gasteiger partial charge in [0.15, 0.2) is 0 Å². The summed E-state index contributed by atoms with van der Waals surface area (Å²) in [6, 6.07) is 65.9. The third-order valence-electron chi connectivity index (χ3n) is 8.51. The van der Waals surface area contributed by atoms with Gasteiger partial charge in [0, 0.05) is 17.1 Å². The van der Waals surface area contributed by atoms with E-state index in [1.165, 1.54) is 32.7 Å². The Morgan fingerprint density at radius 1 is 0.304 bits per heavy atom. The van der Waals surface area contributed by atoms with Crippen molar-refractivity contribution >= 4 is 38.6 Å². The first-order chi connectivity index (χ1) is 22.8. The van der Waals surface area contributed by atoms with Crippen LogP contribution < -0.4 is 9.64 Å². The normalized spacial score (nSPS) is 11.0. The van der Waals surface area contributed by atoms with Crippen molar-refractivity contribution in [1.82, 2.24) is 0 Å². The largest absolute Gasteiger partial charge is 0.457 e. The molecule has 8 aromatic carbocycles. The highest BCUT2D eigenvalue weighted by Crippen LogP contribution is 2.36. The molecule has 0 radical (unpaired) electrons. The fourth-order valence-corrected chi connectivity index (χ4v) is 6.15. The van der Waals surface area contributed by atoms with E-state index in [9.17, 15) is 0 Å². The Kier molecular flexibility index (Phi) is 7.22. The number of anilines is 3. The molecule has 0 unspecified atom stereocenters. The lowest BCUT2D eigenvalue weighted by Crippen LogP contribution is -2.09. The fraction of sp³-hybridized carbons (Fsp3) is 0. The lowest BCUT2D eigenvalue weighted by Gasteiger charge is -2.25. The lowest BCUT2D eigenvalue weighted by atomic mass is 9.97. The average Bonchev–Trinajstić information content (AvgIpc) is 3.13. The quantitative estimate of drug-likeness (QED) is 0.171. The summed E-state index contributed by atoms with van der Waals surface area (Å²) in [4.78, 5) is 2.27. The van der Waals surface area contributed by atoms with E-state index in [0.29, 0.717) is 0 Å². The molecule has 0 heterocycles. The molecule has 0 aromatic heterocycles. The Balaban J connectivity index is 0.985. The van der Waals surface area contributed by atoms with E-state index in [4.69, 9.17) is 4.74 Å². The zero-order chi connectivity index (χ0) is 30.7. The van der Waals surface area contributed by atoms with Crippen LogP contribution in [0.2, 0.25) is 0 Å². The minimum atomic E-state index is 0.810. The number of rotatable bonds is 7. The molecular formula is C44H31NO. The Labute approximate surface area is 269 Å². The van der Waals surface area contributed by atoms with E-state index < -0.39 is 0 Å². The van der Waals surface area contributed by atoms with Crippen molar-refractivity contribution in [2.24, 2.45) is 0 Å². The van der Waals surface area contributed by atoms with Crippen LogP contribution in [0.3, 0.4) is 0 Å². The summed E-state index contributed by atoms with van der Waals surface area (Å²) in [5.41, 5.74) is 8.03. The minimum absolute atomic E-state index is 0.810. The zero-order valence-corrected chi connectivity index (χ0v) is 25.3. The van der Waals surface area contributed by atoms with Crippen molar-refractivity contribution in [2.45, 2.75) is 0 Å². The second-order valence-electron chi connectivity index (χ2n) is 11.4. The molecule has 0 atom stereocenters. The topological polar surface area (TPSA) is 12.5 Å². The Morgan fingerprint density at radius 2 is 0.717 bits per heavy atom. The second kappa shape index (κ2) is 12.1. The van der Waals surface area contributed by atoms with E-state index in [-0.39, 0.29) is 0 Å². The van der Waals surface area contributed by atoms with Gasteiger partial charge in [0.05, 0.1) is 0 Å². The first-order valence-corrected chi connectivity index (χ1v) is 15.6. The average molecular weight is 590 g/mol. The van der Waals surface area contributed by atoms with Crippen molar-refractivity contribution in [2.75, 3.05) is 4.90 Å². The zero-order valence-electron chi connectivity index (χ0n) is 25.3. The molecule has 8 rings (SSSR count). The summed E-state index contributed by atoms with van der Waals surface area (Å²) in [6.45, 7) is 0. The Hall–Kier alpha value is -6.12. The molecule has 0 amide bonds. The molecule has 0 aliphatic carbocycles. The number of nitrogens with zero attached hydrogens (tertiary/aromatic N) is 1. The van der Waals surface area contributed by atoms with E-state index in [2.05, 4.69) is 157 Å². The standard InChI is InChI=1S/C44H31NO/c1-3-10-38(11-4-1)45(39-12-5-2-6-13-39)40-25-19-32(20-26-40)33-21-27-41(28-22-33)46-42-29-23-34(24-30-42)37-18-17-36-16-15-35-9-7-8-14-43(35)44(36)31-37/h1-31H. The van der Waals surface area contributed by atoms with Crippen molar-refractivity contribution in [3.63, 3.8) is 0 Å². The molecule has 2 heteroatoms. The third kappa shape index (κ3) is 5.49. The van der Waals surface area contributed by atoms with Crippen LogP contribution >= 0.6 is 0 Å². The van der Waals surface area contributed by atoms with Gasteiger partial charge in [-0.15, -0.1) is 0 Å². The second-order valence-corrected chi connectivity index (χ2v) is 11.4. The van der Waals surface area contributed by atoms with Crippen LogP contribution in [-0.2, 0) is 0 Å². The van der Waals surface area contributed by atoms with Crippen LogP contribution in [0.25, 0.3) is 43.8 Å². The van der Waals surface area contributed by atoms with Gasteiger partial charge in [-0.2, -0.15) is 0 Å². The van der Waals surface area contributed by atoms with Crippen molar-refractivity contribution in [1.29, 1.82) is 0 Å². The van der Waals surface area contributed by atoms with Crippen molar-refractivity contribution in [3.05, 3.63) is 188 Å². The fourth-order valence-electron chi connectivity index (χ4n) is 6.15. The molecule has 218 valence electrons. The molecule has 8 aromatic rings. The third-order valence-corrected chi connectivity index (χ3v) is 8.51. The van der Waals surface area contributed by atoms with Gasteiger partial charge in [-0.05, 0) is 111 Å². The Bertz CT molecular complexity index is 2200. The summed E-state index contributed by atoms with van der Waals surface area (Å²) >= 11 is 0. The maximum Gasteiger partial charge on any atom is 0.127 e. The van der Waals surface area contributed by atoms with Crippen LogP contribution in [0.4, 0.5) is 17.1 Å². The highest BCUT2D eigenvalue weighted by atomic mass is 16.5. The number of fused-ring (bicyclic) bond motifs is 3. The van der Waals surface area contributed by atoms with Gasteiger partial charge >= 0.3 is 0 Å². The van der Waals surface area contributed by atoms with Crippen LogP contribution in [0.15, 0.2) is 188 Å². The van der Waals surface area contributed by atoms with Gasteiger partial charge in [-0.25, -0.2) is 0 Å². The molecule has 2 nitrogen and oxygen atoms in total. The highest BCUT2D eigenvalue weighted by molar-refractivity contribution is 6.08. The van der Waals surface area contributed by atoms with Crippen LogP contribution in [0.1, 0.15) is 0 Å². The predicted molar refractivity (Wildman–Crippen MR) is 194 cm³/mol. The van der Waals surface area contributed by atoms with E-state index in [0.717, 1.165) is 39.7 Å². The van der Waals surface area contributed by atoms with Gasteiger partial charge in [0.25, 0.3) is 0 Å².